The van der Waals surface area contributed by atoms with Gasteiger partial charge in [0.1, 0.15) is 8.07 Å². The number of quaternary nitrogens is 1. The van der Waals surface area contributed by atoms with Gasteiger partial charge in [0.15, 0.2) is 0 Å². The van der Waals surface area contributed by atoms with Crippen molar-refractivity contribution < 1.29 is 16.9 Å². The molecule has 0 saturated heterocycles. The lowest BCUT2D eigenvalue weighted by molar-refractivity contribution is -0.904. The molecule has 0 amide bonds. The molecule has 17 heavy (non-hydrogen) atoms. The summed E-state index contributed by atoms with van der Waals surface area (Å²) in [4.78, 5) is 0. The molecule has 106 valence electrons. The fourth-order valence-electron chi connectivity index (χ4n) is 3.26. The van der Waals surface area contributed by atoms with Crippen LogP contribution in [0.25, 0.3) is 0 Å². The molecule has 0 aromatic carbocycles. The van der Waals surface area contributed by atoms with Crippen LogP contribution >= 0.6 is 0 Å². The van der Waals surface area contributed by atoms with Gasteiger partial charge in [-0.25, -0.2) is 0 Å². The maximum Gasteiger partial charge on any atom is 0.114 e. The average molecular weight is 280 g/mol. The molecule has 0 fully saturated rings. The molecule has 1 nitrogen and oxygen atoms in total. The monoisotopic (exact) mass is 279 g/mol. The summed E-state index contributed by atoms with van der Waals surface area (Å²) in [5.41, 5.74) is 0.911. The van der Waals surface area contributed by atoms with E-state index in [1.54, 1.807) is 0 Å². The van der Waals surface area contributed by atoms with Gasteiger partial charge in [0, 0.05) is 0 Å². The third-order valence-electron chi connectivity index (χ3n) is 3.82. The normalized spacial score (nSPS) is 14.3. The molecule has 0 aromatic heterocycles. The summed E-state index contributed by atoms with van der Waals surface area (Å²) in [7, 11) is 3.87. The van der Waals surface area contributed by atoms with Crippen molar-refractivity contribution in [2.24, 2.45) is 0 Å². The van der Waals surface area contributed by atoms with Gasteiger partial charge in [-0.15, -0.1) is 0 Å². The second-order valence-electron chi connectivity index (χ2n) is 6.85. The first kappa shape index (κ1) is 19.8. The second kappa shape index (κ2) is 8.55. The number of halogens is 1. The summed E-state index contributed by atoms with van der Waals surface area (Å²) < 4.78 is 1.25. The second-order valence-corrected chi connectivity index (χ2v) is 12.3. The number of nitrogens with zero attached hydrogens (tertiary/aromatic N) is 1. The lowest BCUT2D eigenvalue weighted by atomic mass is 10.2. The van der Waals surface area contributed by atoms with Crippen LogP contribution < -0.4 is 12.4 Å². The average Bonchev–Trinajstić information content (AvgIpc) is 2.10. The van der Waals surface area contributed by atoms with E-state index in [0.717, 1.165) is 5.67 Å². The first-order chi connectivity index (χ1) is 7.25. The Morgan fingerprint density at radius 2 is 1.47 bits per heavy atom. The molecule has 0 bridgehead atoms. The Morgan fingerprint density at radius 3 is 1.82 bits per heavy atom. The van der Waals surface area contributed by atoms with Crippen LogP contribution in [0.1, 0.15) is 46.0 Å². The zero-order valence-electron chi connectivity index (χ0n) is 13.1. The third kappa shape index (κ3) is 7.48. The van der Waals surface area contributed by atoms with Crippen molar-refractivity contribution in [3.05, 3.63) is 0 Å². The zero-order chi connectivity index (χ0) is 12.8. The van der Waals surface area contributed by atoms with E-state index in [9.17, 15) is 0 Å². The lowest BCUT2D eigenvalue weighted by Gasteiger charge is -2.44. The van der Waals surface area contributed by atoms with E-state index in [1.807, 2.05) is 0 Å². The molecular formula is C14H34ClNSi. The molecule has 0 aliphatic rings. The van der Waals surface area contributed by atoms with E-state index in [2.05, 4.69) is 47.6 Å². The SMILES string of the molecule is CCCCCC[N+](C)(C)C(CC)[Si](C)(C)C.[Cl-]. The van der Waals surface area contributed by atoms with Gasteiger partial charge < -0.3 is 16.9 Å². The summed E-state index contributed by atoms with van der Waals surface area (Å²) >= 11 is 0. The number of hydrogen-bond acceptors (Lipinski definition) is 0. The van der Waals surface area contributed by atoms with Crippen LogP contribution in [0.2, 0.25) is 19.6 Å². The lowest BCUT2D eigenvalue weighted by Crippen LogP contribution is -3.00. The van der Waals surface area contributed by atoms with E-state index in [1.165, 1.54) is 43.1 Å². The summed E-state index contributed by atoms with van der Waals surface area (Å²) in [5.74, 6) is 0. The molecule has 1 atom stereocenters. The number of rotatable bonds is 8. The minimum absolute atomic E-state index is 0. The molecule has 0 heterocycles. The fourth-order valence-corrected chi connectivity index (χ4v) is 6.71. The Labute approximate surface area is 117 Å². The molecule has 0 radical (unpaired) electrons. The van der Waals surface area contributed by atoms with Gasteiger partial charge in [0.25, 0.3) is 0 Å². The highest BCUT2D eigenvalue weighted by molar-refractivity contribution is 6.77. The van der Waals surface area contributed by atoms with Crippen molar-refractivity contribution in [1.29, 1.82) is 0 Å². The quantitative estimate of drug-likeness (QED) is 0.357. The molecule has 0 saturated carbocycles. The summed E-state index contributed by atoms with van der Waals surface area (Å²) in [5, 5.41) is 0. The molecule has 0 rings (SSSR count). The van der Waals surface area contributed by atoms with Crippen LogP contribution in [0.4, 0.5) is 0 Å². The van der Waals surface area contributed by atoms with Crippen molar-refractivity contribution >= 4 is 8.07 Å². The van der Waals surface area contributed by atoms with E-state index in [-0.39, 0.29) is 12.4 Å². The smallest absolute Gasteiger partial charge is 0.114 e. The largest absolute Gasteiger partial charge is 1.00 e. The maximum absolute atomic E-state index is 2.52. The molecule has 0 spiro atoms. The standard InChI is InChI=1S/C14H34NSi.ClH/c1-8-10-11-12-13-15(3,4)14(9-2)16(5,6)7;/h14H,8-13H2,1-7H3;1H/q+1;/p-1. The van der Waals surface area contributed by atoms with Crippen molar-refractivity contribution in [3.63, 3.8) is 0 Å². The highest BCUT2D eigenvalue weighted by Gasteiger charge is 2.37. The van der Waals surface area contributed by atoms with E-state index in [4.69, 9.17) is 0 Å². The number of hydrogen-bond donors (Lipinski definition) is 0. The van der Waals surface area contributed by atoms with Crippen molar-refractivity contribution in [1.82, 2.24) is 0 Å². The Morgan fingerprint density at radius 1 is 0.941 bits per heavy atom. The molecule has 3 heteroatoms. The third-order valence-corrected chi connectivity index (χ3v) is 6.92. The van der Waals surface area contributed by atoms with Crippen LogP contribution in [0.15, 0.2) is 0 Å². The van der Waals surface area contributed by atoms with Crippen LogP contribution in [-0.4, -0.2) is 38.9 Å². The topological polar surface area (TPSA) is 0 Å². The summed E-state index contributed by atoms with van der Waals surface area (Å²) in [6.07, 6.45) is 6.92. The van der Waals surface area contributed by atoms with Crippen LogP contribution in [-0.2, 0) is 0 Å². The van der Waals surface area contributed by atoms with Crippen LogP contribution in [0, 0.1) is 0 Å². The summed E-state index contributed by atoms with van der Waals surface area (Å²) in [6, 6.07) is 0. The van der Waals surface area contributed by atoms with Gasteiger partial charge >= 0.3 is 0 Å². The van der Waals surface area contributed by atoms with Gasteiger partial charge in [0.05, 0.1) is 26.3 Å². The Bertz CT molecular complexity index is 187. The van der Waals surface area contributed by atoms with Crippen molar-refractivity contribution in [3.8, 4) is 0 Å². The van der Waals surface area contributed by atoms with Crippen LogP contribution in [0.3, 0.4) is 0 Å². The first-order valence-electron chi connectivity index (χ1n) is 7.08. The fraction of sp³-hybridized carbons (Fsp3) is 1.00. The number of unbranched alkanes of at least 4 members (excludes halogenated alkanes) is 3. The molecular weight excluding hydrogens is 246 g/mol. The zero-order valence-corrected chi connectivity index (χ0v) is 14.9. The van der Waals surface area contributed by atoms with E-state index in [0.29, 0.717) is 0 Å². The van der Waals surface area contributed by atoms with Gasteiger partial charge in [-0.3, -0.25) is 0 Å². The molecule has 1 unspecified atom stereocenters. The highest BCUT2D eigenvalue weighted by Crippen LogP contribution is 2.23. The van der Waals surface area contributed by atoms with Gasteiger partial charge in [-0.1, -0.05) is 46.3 Å². The Hall–Kier alpha value is 0.467. The highest BCUT2D eigenvalue weighted by atomic mass is 35.5. The predicted octanol–water partition coefficient (Wildman–Crippen LogP) is 1.30. The Kier molecular flexibility index (Phi) is 9.96. The predicted molar refractivity (Wildman–Crippen MR) is 78.5 cm³/mol. The van der Waals surface area contributed by atoms with Crippen molar-refractivity contribution in [2.45, 2.75) is 71.3 Å². The molecule has 0 N–H and O–H groups in total. The maximum atomic E-state index is 2.52. The Balaban J connectivity index is 0. The first-order valence-corrected chi connectivity index (χ1v) is 10.7. The van der Waals surface area contributed by atoms with Gasteiger partial charge in [0.2, 0.25) is 0 Å². The molecule has 0 aliphatic carbocycles. The van der Waals surface area contributed by atoms with Crippen LogP contribution in [0.5, 0.6) is 0 Å². The minimum Gasteiger partial charge on any atom is -1.00 e. The van der Waals surface area contributed by atoms with E-state index < -0.39 is 8.07 Å². The van der Waals surface area contributed by atoms with E-state index >= 15 is 0 Å². The molecule has 0 aliphatic heterocycles. The minimum atomic E-state index is -1.02. The van der Waals surface area contributed by atoms with Gasteiger partial charge in [-0.05, 0) is 19.3 Å². The summed E-state index contributed by atoms with van der Waals surface area (Å²) in [6.45, 7) is 13.6. The molecule has 0 aromatic rings. The van der Waals surface area contributed by atoms with Gasteiger partial charge in [-0.2, -0.15) is 0 Å². The van der Waals surface area contributed by atoms with Crippen molar-refractivity contribution in [2.75, 3.05) is 20.6 Å².